The standard InChI is InChI=1S/C53H94/c1-4-6-8-10-12-14-16-18-20-22-24-25-27-29-31-33-35-37-39-41-47-53-51(49(3)48-50-44-42-43-46-52(50)53)45-40-38-36-34-32-30-28-26-23-21-19-17-15-13-11-9-7-5-2/h42-44,46,48H,4-41,45,47H2,1-3H3. The molecule has 2 aromatic rings. The van der Waals surface area contributed by atoms with Gasteiger partial charge in [-0.25, -0.2) is 0 Å². The summed E-state index contributed by atoms with van der Waals surface area (Å²) in [6.45, 7) is 7.01. The van der Waals surface area contributed by atoms with Crippen LogP contribution in [0.4, 0.5) is 0 Å². The van der Waals surface area contributed by atoms with Gasteiger partial charge in [0, 0.05) is 0 Å². The van der Waals surface area contributed by atoms with E-state index in [-0.39, 0.29) is 0 Å². The minimum atomic E-state index is 1.27. The highest BCUT2D eigenvalue weighted by atomic mass is 14.2. The molecule has 0 bridgehead atoms. The summed E-state index contributed by atoms with van der Waals surface area (Å²) in [4.78, 5) is 0. The Labute approximate surface area is 334 Å². The van der Waals surface area contributed by atoms with E-state index in [0.717, 1.165) is 0 Å². The van der Waals surface area contributed by atoms with Crippen molar-refractivity contribution in [2.45, 2.75) is 278 Å². The molecule has 0 heterocycles. The normalized spacial score (nSPS) is 11.7. The van der Waals surface area contributed by atoms with Crippen molar-refractivity contribution >= 4 is 10.8 Å². The zero-order chi connectivity index (χ0) is 37.7. The Morgan fingerprint density at radius 3 is 0.887 bits per heavy atom. The number of fused-ring (bicyclic) bond motifs is 1. The molecule has 0 saturated carbocycles. The molecule has 0 spiro atoms. The average Bonchev–Trinajstić information content (AvgIpc) is 3.17. The van der Waals surface area contributed by atoms with E-state index in [4.69, 9.17) is 0 Å². The van der Waals surface area contributed by atoms with Crippen LogP contribution in [-0.4, -0.2) is 0 Å². The molecule has 0 atom stereocenters. The number of rotatable bonds is 40. The quantitative estimate of drug-likeness (QED) is 0.0599. The largest absolute Gasteiger partial charge is 0.0654 e. The van der Waals surface area contributed by atoms with Crippen LogP contribution in [0.25, 0.3) is 10.8 Å². The number of unbranched alkanes of at least 4 members (excludes halogenated alkanes) is 36. The van der Waals surface area contributed by atoms with Gasteiger partial charge in [0.25, 0.3) is 0 Å². The number of aryl methyl sites for hydroxylation is 2. The van der Waals surface area contributed by atoms with Gasteiger partial charge in [0.1, 0.15) is 0 Å². The van der Waals surface area contributed by atoms with E-state index in [1.807, 2.05) is 0 Å². The summed E-state index contributed by atoms with van der Waals surface area (Å²) in [6.07, 6.45) is 57.7. The van der Waals surface area contributed by atoms with Gasteiger partial charge >= 0.3 is 0 Å². The Hall–Kier alpha value is -1.30. The Balaban J connectivity index is 1.48. The monoisotopic (exact) mass is 731 g/mol. The van der Waals surface area contributed by atoms with E-state index in [1.54, 1.807) is 16.7 Å². The van der Waals surface area contributed by atoms with Gasteiger partial charge in [-0.3, -0.25) is 0 Å². The van der Waals surface area contributed by atoms with E-state index in [9.17, 15) is 0 Å². The van der Waals surface area contributed by atoms with Crippen LogP contribution >= 0.6 is 0 Å². The summed E-state index contributed by atoms with van der Waals surface area (Å²) in [6, 6.07) is 11.7. The van der Waals surface area contributed by atoms with Crippen LogP contribution in [0, 0.1) is 6.92 Å². The molecule has 53 heavy (non-hydrogen) atoms. The first kappa shape index (κ1) is 47.9. The van der Waals surface area contributed by atoms with Crippen molar-refractivity contribution in [1.82, 2.24) is 0 Å². The predicted octanol–water partition coefficient (Wildman–Crippen LogP) is 19.1. The lowest BCUT2D eigenvalue weighted by atomic mass is 9.88. The van der Waals surface area contributed by atoms with Gasteiger partial charge in [0.05, 0.1) is 0 Å². The Bertz CT molecular complexity index is 1050. The molecule has 2 aromatic carbocycles. The van der Waals surface area contributed by atoms with Crippen LogP contribution < -0.4 is 0 Å². The fourth-order valence-corrected chi connectivity index (χ4v) is 9.01. The van der Waals surface area contributed by atoms with Crippen molar-refractivity contribution in [3.63, 3.8) is 0 Å². The zero-order valence-corrected chi connectivity index (χ0v) is 36.7. The fraction of sp³-hybridized carbons (Fsp3) is 0.811. The first-order chi connectivity index (χ1) is 26.3. The van der Waals surface area contributed by atoms with Crippen molar-refractivity contribution < 1.29 is 0 Å². The van der Waals surface area contributed by atoms with Crippen LogP contribution in [-0.2, 0) is 12.8 Å². The van der Waals surface area contributed by atoms with Crippen LogP contribution in [0.3, 0.4) is 0 Å². The third kappa shape index (κ3) is 26.2. The zero-order valence-electron chi connectivity index (χ0n) is 36.7. The first-order valence-corrected chi connectivity index (χ1v) is 24.8. The molecule has 0 fully saturated rings. The molecule has 0 N–H and O–H groups in total. The highest BCUT2D eigenvalue weighted by molar-refractivity contribution is 5.87. The summed E-state index contributed by atoms with van der Waals surface area (Å²) in [5.74, 6) is 0. The van der Waals surface area contributed by atoms with Crippen LogP contribution in [0.2, 0.25) is 0 Å². The molecule has 0 saturated heterocycles. The lowest BCUT2D eigenvalue weighted by Gasteiger charge is -2.17. The minimum Gasteiger partial charge on any atom is -0.0654 e. The number of hydrogen-bond acceptors (Lipinski definition) is 0. The SMILES string of the molecule is CCCCCCCCCCCCCCCCCCCCCCc1c(CCCCCCCCCCCCCCCCCCCC)c(C)cc2ccccc12. The Kier molecular flexibility index (Phi) is 32.8. The predicted molar refractivity (Wildman–Crippen MR) is 243 cm³/mol. The molecule has 0 radical (unpaired) electrons. The maximum absolute atomic E-state index is 2.47. The van der Waals surface area contributed by atoms with Gasteiger partial charge in [-0.15, -0.1) is 0 Å². The second kappa shape index (κ2) is 36.3. The van der Waals surface area contributed by atoms with Gasteiger partial charge in [0.2, 0.25) is 0 Å². The van der Waals surface area contributed by atoms with Gasteiger partial charge in [-0.1, -0.05) is 275 Å². The average molecular weight is 731 g/mol. The number of benzene rings is 2. The third-order valence-electron chi connectivity index (χ3n) is 12.6. The molecule has 0 heteroatoms. The summed E-state index contributed by atoms with van der Waals surface area (Å²) in [5, 5.41) is 2.99. The van der Waals surface area contributed by atoms with Gasteiger partial charge in [-0.05, 0) is 60.1 Å². The van der Waals surface area contributed by atoms with Crippen molar-refractivity contribution in [3.8, 4) is 0 Å². The molecule has 0 unspecified atom stereocenters. The van der Waals surface area contributed by atoms with Gasteiger partial charge < -0.3 is 0 Å². The maximum atomic E-state index is 2.47. The van der Waals surface area contributed by atoms with Crippen LogP contribution in [0.1, 0.15) is 275 Å². The second-order valence-corrected chi connectivity index (χ2v) is 17.6. The van der Waals surface area contributed by atoms with Gasteiger partial charge in [-0.2, -0.15) is 0 Å². The van der Waals surface area contributed by atoms with E-state index in [1.165, 1.54) is 268 Å². The summed E-state index contributed by atoms with van der Waals surface area (Å²) in [7, 11) is 0. The molecule has 0 aliphatic rings. The molecule has 0 aromatic heterocycles. The molecule has 2 rings (SSSR count). The van der Waals surface area contributed by atoms with E-state index in [0.29, 0.717) is 0 Å². The molecular formula is C53H94. The molecule has 0 aliphatic heterocycles. The van der Waals surface area contributed by atoms with Gasteiger partial charge in [0.15, 0.2) is 0 Å². The van der Waals surface area contributed by atoms with E-state index >= 15 is 0 Å². The molecule has 0 amide bonds. The Morgan fingerprint density at radius 2 is 0.566 bits per heavy atom. The van der Waals surface area contributed by atoms with E-state index in [2.05, 4.69) is 51.1 Å². The topological polar surface area (TPSA) is 0 Å². The maximum Gasteiger partial charge on any atom is -0.0149 e. The molecule has 0 aliphatic carbocycles. The van der Waals surface area contributed by atoms with Crippen LogP contribution in [0.5, 0.6) is 0 Å². The molecular weight excluding hydrogens is 637 g/mol. The summed E-state index contributed by atoms with van der Waals surface area (Å²) < 4.78 is 0. The summed E-state index contributed by atoms with van der Waals surface area (Å²) in [5.41, 5.74) is 4.92. The molecule has 306 valence electrons. The van der Waals surface area contributed by atoms with Crippen molar-refractivity contribution in [2.75, 3.05) is 0 Å². The molecule has 0 nitrogen and oxygen atoms in total. The first-order valence-electron chi connectivity index (χ1n) is 24.8. The smallest absolute Gasteiger partial charge is 0.0149 e. The van der Waals surface area contributed by atoms with Crippen molar-refractivity contribution in [3.05, 3.63) is 47.0 Å². The van der Waals surface area contributed by atoms with E-state index < -0.39 is 0 Å². The Morgan fingerprint density at radius 1 is 0.302 bits per heavy atom. The van der Waals surface area contributed by atoms with Crippen molar-refractivity contribution in [2.24, 2.45) is 0 Å². The van der Waals surface area contributed by atoms with Crippen LogP contribution in [0.15, 0.2) is 30.3 Å². The minimum absolute atomic E-state index is 1.27. The second-order valence-electron chi connectivity index (χ2n) is 17.6. The third-order valence-corrected chi connectivity index (χ3v) is 12.6. The fourth-order valence-electron chi connectivity index (χ4n) is 9.01. The number of hydrogen-bond donors (Lipinski definition) is 0. The highest BCUT2D eigenvalue weighted by Crippen LogP contribution is 2.29. The lowest BCUT2D eigenvalue weighted by molar-refractivity contribution is 0.521. The van der Waals surface area contributed by atoms with Crippen molar-refractivity contribution in [1.29, 1.82) is 0 Å². The summed E-state index contributed by atoms with van der Waals surface area (Å²) >= 11 is 0. The highest BCUT2D eigenvalue weighted by Gasteiger charge is 2.11. The lowest BCUT2D eigenvalue weighted by Crippen LogP contribution is -2.01.